The number of hydrogen-bond acceptors (Lipinski definition) is 3. The van der Waals surface area contributed by atoms with E-state index in [9.17, 15) is 14.4 Å². The van der Waals surface area contributed by atoms with Crippen LogP contribution in [0.5, 0.6) is 0 Å². The van der Waals surface area contributed by atoms with Crippen LogP contribution < -0.4 is 5.32 Å². The van der Waals surface area contributed by atoms with E-state index in [0.717, 1.165) is 12.0 Å². The van der Waals surface area contributed by atoms with E-state index in [0.29, 0.717) is 25.1 Å². The molecule has 0 unspecified atom stereocenters. The minimum Gasteiger partial charge on any atom is -0.355 e. The van der Waals surface area contributed by atoms with Crippen LogP contribution in [0, 0.1) is 0 Å². The summed E-state index contributed by atoms with van der Waals surface area (Å²) in [7, 11) is 3.30. The lowest BCUT2D eigenvalue weighted by Crippen LogP contribution is -2.38. The Kier molecular flexibility index (Phi) is 5.14. The minimum absolute atomic E-state index is 0.0525. The van der Waals surface area contributed by atoms with Gasteiger partial charge in [0.25, 0.3) is 5.91 Å². The van der Waals surface area contributed by atoms with Crippen molar-refractivity contribution in [2.45, 2.75) is 19.4 Å². The van der Waals surface area contributed by atoms with Crippen molar-refractivity contribution in [1.29, 1.82) is 0 Å². The number of amides is 3. The van der Waals surface area contributed by atoms with E-state index < -0.39 is 0 Å². The molecule has 22 heavy (non-hydrogen) atoms. The number of likely N-dealkylation sites (N-methyl/N-ethyl adjacent to an activating group) is 1. The van der Waals surface area contributed by atoms with Crippen LogP contribution in [0.25, 0.3) is 0 Å². The summed E-state index contributed by atoms with van der Waals surface area (Å²) in [5.74, 6) is -0.161. The summed E-state index contributed by atoms with van der Waals surface area (Å²) < 4.78 is 0. The van der Waals surface area contributed by atoms with Crippen molar-refractivity contribution >= 4 is 17.7 Å². The summed E-state index contributed by atoms with van der Waals surface area (Å²) in [5.41, 5.74) is 1.53. The number of carbonyl (C=O) groups is 3. The second-order valence-corrected chi connectivity index (χ2v) is 5.44. The number of hydrogen-bond donors (Lipinski definition) is 1. The topological polar surface area (TPSA) is 69.7 Å². The Hall–Kier alpha value is -2.37. The molecule has 0 aromatic heterocycles. The molecule has 0 spiro atoms. The molecule has 1 aromatic carbocycles. The van der Waals surface area contributed by atoms with Crippen molar-refractivity contribution in [3.05, 3.63) is 35.4 Å². The number of nitrogens with zero attached hydrogens (tertiary/aromatic N) is 2. The number of nitrogens with one attached hydrogen (secondary N) is 1. The van der Waals surface area contributed by atoms with Gasteiger partial charge in [0.05, 0.1) is 6.54 Å². The van der Waals surface area contributed by atoms with Crippen LogP contribution in [0.4, 0.5) is 0 Å². The predicted octanol–water partition coefficient (Wildman–Crippen LogP) is 0.627. The molecule has 2 rings (SSSR count). The highest BCUT2D eigenvalue weighted by molar-refractivity contribution is 5.94. The standard InChI is InChI=1S/C16H21N3O3/c1-17-16(22)13-7-5-12(6-8-13)10-18(2)15(21)11-19-9-3-4-14(19)20/h5-8H,3-4,9-11H2,1-2H3,(H,17,22). The van der Waals surface area contributed by atoms with Gasteiger partial charge in [-0.2, -0.15) is 0 Å². The Morgan fingerprint density at radius 3 is 2.50 bits per heavy atom. The Morgan fingerprint density at radius 2 is 1.95 bits per heavy atom. The first-order valence-corrected chi connectivity index (χ1v) is 7.34. The number of carbonyl (C=O) groups excluding carboxylic acids is 3. The van der Waals surface area contributed by atoms with Gasteiger partial charge in [-0.15, -0.1) is 0 Å². The van der Waals surface area contributed by atoms with Gasteiger partial charge >= 0.3 is 0 Å². The van der Waals surface area contributed by atoms with Crippen LogP contribution in [-0.4, -0.2) is 54.7 Å². The number of rotatable bonds is 5. The molecule has 1 N–H and O–H groups in total. The van der Waals surface area contributed by atoms with Crippen molar-refractivity contribution in [3.8, 4) is 0 Å². The lowest BCUT2D eigenvalue weighted by Gasteiger charge is -2.21. The first-order chi connectivity index (χ1) is 10.5. The van der Waals surface area contributed by atoms with E-state index in [1.165, 1.54) is 0 Å². The van der Waals surface area contributed by atoms with Crippen LogP contribution in [0.2, 0.25) is 0 Å². The summed E-state index contributed by atoms with van der Waals surface area (Å²) in [5, 5.41) is 2.56. The van der Waals surface area contributed by atoms with E-state index in [4.69, 9.17) is 0 Å². The van der Waals surface area contributed by atoms with Crippen molar-refractivity contribution in [2.24, 2.45) is 0 Å². The molecular formula is C16H21N3O3. The van der Waals surface area contributed by atoms with Crippen LogP contribution in [0.3, 0.4) is 0 Å². The highest BCUT2D eigenvalue weighted by Gasteiger charge is 2.23. The molecule has 118 valence electrons. The molecule has 0 bridgehead atoms. The van der Waals surface area contributed by atoms with Crippen molar-refractivity contribution in [3.63, 3.8) is 0 Å². The molecular weight excluding hydrogens is 282 g/mol. The third kappa shape index (κ3) is 3.84. The summed E-state index contributed by atoms with van der Waals surface area (Å²) in [6, 6.07) is 7.12. The van der Waals surface area contributed by atoms with Gasteiger partial charge in [-0.3, -0.25) is 14.4 Å². The molecule has 0 radical (unpaired) electrons. The van der Waals surface area contributed by atoms with Crippen LogP contribution in [-0.2, 0) is 16.1 Å². The second-order valence-electron chi connectivity index (χ2n) is 5.44. The lowest BCUT2D eigenvalue weighted by molar-refractivity contribution is -0.137. The maximum atomic E-state index is 12.1. The molecule has 0 aliphatic carbocycles. The van der Waals surface area contributed by atoms with Gasteiger partial charge in [-0.25, -0.2) is 0 Å². The fourth-order valence-electron chi connectivity index (χ4n) is 2.42. The molecule has 1 saturated heterocycles. The van der Waals surface area contributed by atoms with Gasteiger partial charge in [-0.05, 0) is 24.1 Å². The molecule has 0 atom stereocenters. The monoisotopic (exact) mass is 303 g/mol. The van der Waals surface area contributed by atoms with Gasteiger partial charge in [0.1, 0.15) is 0 Å². The molecule has 1 heterocycles. The summed E-state index contributed by atoms with van der Waals surface area (Å²) >= 11 is 0. The first kappa shape index (κ1) is 16.0. The van der Waals surface area contributed by atoms with E-state index in [1.54, 1.807) is 36.0 Å². The van der Waals surface area contributed by atoms with Gasteiger partial charge < -0.3 is 15.1 Å². The highest BCUT2D eigenvalue weighted by Crippen LogP contribution is 2.11. The van der Waals surface area contributed by atoms with Crippen LogP contribution in [0.1, 0.15) is 28.8 Å². The molecule has 3 amide bonds. The smallest absolute Gasteiger partial charge is 0.251 e. The molecule has 1 fully saturated rings. The largest absolute Gasteiger partial charge is 0.355 e. The molecule has 1 aromatic rings. The van der Waals surface area contributed by atoms with E-state index in [2.05, 4.69) is 5.32 Å². The van der Waals surface area contributed by atoms with E-state index >= 15 is 0 Å². The quantitative estimate of drug-likeness (QED) is 0.867. The summed E-state index contributed by atoms with van der Waals surface area (Å²) in [6.45, 7) is 1.26. The summed E-state index contributed by atoms with van der Waals surface area (Å²) in [4.78, 5) is 38.3. The van der Waals surface area contributed by atoms with Crippen LogP contribution >= 0.6 is 0 Å². The fraction of sp³-hybridized carbons (Fsp3) is 0.438. The number of benzene rings is 1. The maximum Gasteiger partial charge on any atom is 0.251 e. The van der Waals surface area contributed by atoms with Crippen molar-refractivity contribution in [1.82, 2.24) is 15.1 Å². The average molecular weight is 303 g/mol. The zero-order valence-corrected chi connectivity index (χ0v) is 13.0. The predicted molar refractivity (Wildman–Crippen MR) is 82.1 cm³/mol. The molecule has 6 heteroatoms. The Morgan fingerprint density at radius 1 is 1.27 bits per heavy atom. The SMILES string of the molecule is CNC(=O)c1ccc(CN(C)C(=O)CN2CCCC2=O)cc1. The minimum atomic E-state index is -0.136. The maximum absolute atomic E-state index is 12.1. The van der Waals surface area contributed by atoms with Gasteiger partial charge in [0.2, 0.25) is 11.8 Å². The number of likely N-dealkylation sites (tertiary alicyclic amines) is 1. The first-order valence-electron chi connectivity index (χ1n) is 7.34. The Bertz CT molecular complexity index is 569. The average Bonchev–Trinajstić information content (AvgIpc) is 2.92. The van der Waals surface area contributed by atoms with Gasteiger partial charge in [-0.1, -0.05) is 12.1 Å². The van der Waals surface area contributed by atoms with E-state index in [-0.39, 0.29) is 24.3 Å². The second kappa shape index (κ2) is 7.06. The van der Waals surface area contributed by atoms with Crippen molar-refractivity contribution in [2.75, 3.05) is 27.2 Å². The van der Waals surface area contributed by atoms with Crippen molar-refractivity contribution < 1.29 is 14.4 Å². The molecule has 1 aliphatic rings. The molecule has 1 aliphatic heterocycles. The zero-order valence-electron chi connectivity index (χ0n) is 13.0. The van der Waals surface area contributed by atoms with E-state index in [1.807, 2.05) is 12.1 Å². The Labute approximate surface area is 130 Å². The van der Waals surface area contributed by atoms with Crippen LogP contribution in [0.15, 0.2) is 24.3 Å². The summed E-state index contributed by atoms with van der Waals surface area (Å²) in [6.07, 6.45) is 1.37. The third-order valence-electron chi connectivity index (χ3n) is 3.79. The van der Waals surface area contributed by atoms with Gasteiger partial charge in [0, 0.05) is 39.2 Å². The highest BCUT2D eigenvalue weighted by atomic mass is 16.2. The third-order valence-corrected chi connectivity index (χ3v) is 3.79. The zero-order chi connectivity index (χ0) is 16.1. The lowest BCUT2D eigenvalue weighted by atomic mass is 10.1. The molecule has 0 saturated carbocycles. The fourth-order valence-corrected chi connectivity index (χ4v) is 2.42. The van der Waals surface area contributed by atoms with Gasteiger partial charge in [0.15, 0.2) is 0 Å². The Balaban J connectivity index is 1.90. The molecule has 6 nitrogen and oxygen atoms in total. The normalized spacial score (nSPS) is 14.1.